The molecule has 0 saturated carbocycles. The van der Waals surface area contributed by atoms with Crippen LogP contribution in [0, 0.1) is 29.1 Å². The number of ether oxygens (including phenoxy) is 2. The van der Waals surface area contributed by atoms with E-state index in [1.165, 1.54) is 0 Å². The lowest BCUT2D eigenvalue weighted by Gasteiger charge is -2.10. The molecule has 0 unspecified atom stereocenters. The highest BCUT2D eigenvalue weighted by molar-refractivity contribution is 5.83. The topological polar surface area (TPSA) is 66.0 Å². The molecule has 0 aliphatic rings. The van der Waals surface area contributed by atoms with Gasteiger partial charge in [0.25, 0.3) is 12.5 Å². The molecule has 0 heterocycles. The van der Waals surface area contributed by atoms with E-state index in [0.717, 1.165) is 22.3 Å². The Balaban J connectivity index is 1.99. The molecule has 0 atom stereocenters. The van der Waals surface area contributed by atoms with Crippen molar-refractivity contribution < 1.29 is 9.47 Å². The summed E-state index contributed by atoms with van der Waals surface area (Å²) >= 11 is 0. The Bertz CT molecular complexity index is 839. The van der Waals surface area contributed by atoms with Gasteiger partial charge in [0.1, 0.15) is 11.5 Å². The van der Waals surface area contributed by atoms with Gasteiger partial charge in [-0.3, -0.25) is 0 Å². The number of rotatable bonds is 4. The van der Waals surface area contributed by atoms with Crippen LogP contribution in [-0.4, -0.2) is 0 Å². The summed E-state index contributed by atoms with van der Waals surface area (Å²) < 4.78 is 9.61. The second-order valence-electron chi connectivity index (χ2n) is 4.89. The molecule has 3 aromatic carbocycles. The van der Waals surface area contributed by atoms with Crippen molar-refractivity contribution in [1.29, 1.82) is 10.5 Å². The van der Waals surface area contributed by atoms with Crippen LogP contribution in [0.2, 0.25) is 0 Å². The molecule has 24 heavy (non-hydrogen) atoms. The molecule has 0 fully saturated rings. The Morgan fingerprint density at radius 2 is 1.25 bits per heavy atom. The van der Waals surface area contributed by atoms with Crippen LogP contribution in [0.15, 0.2) is 66.7 Å². The first-order valence-corrected chi connectivity index (χ1v) is 7.15. The molecule has 0 aliphatic carbocycles. The summed E-state index contributed by atoms with van der Waals surface area (Å²) in [5, 5.41) is 17.1. The van der Waals surface area contributed by atoms with Crippen LogP contribution < -0.4 is 9.47 Å². The zero-order chi connectivity index (χ0) is 16.8. The van der Waals surface area contributed by atoms with Gasteiger partial charge in [-0.05, 0) is 52.6 Å². The van der Waals surface area contributed by atoms with E-state index in [4.69, 9.17) is 20.0 Å². The van der Waals surface area contributed by atoms with E-state index in [0.29, 0.717) is 11.5 Å². The molecule has 0 bridgehead atoms. The average Bonchev–Trinajstić information content (AvgIpc) is 2.64. The Labute approximate surface area is 139 Å². The van der Waals surface area contributed by atoms with E-state index in [1.54, 1.807) is 36.8 Å². The van der Waals surface area contributed by atoms with Gasteiger partial charge in [0, 0.05) is 0 Å². The Kier molecular flexibility index (Phi) is 4.42. The molecule has 3 rings (SSSR count). The molecule has 0 aromatic heterocycles. The molecule has 113 valence electrons. The van der Waals surface area contributed by atoms with Crippen LogP contribution in [0.25, 0.3) is 22.3 Å². The molecule has 0 amide bonds. The Hall–Kier alpha value is -3.76. The van der Waals surface area contributed by atoms with Gasteiger partial charge in [-0.15, -0.1) is 10.5 Å². The second kappa shape index (κ2) is 7.00. The largest absolute Gasteiger partial charge is 0.388 e. The number of nitriles is 2. The third-order valence-electron chi connectivity index (χ3n) is 3.49. The Morgan fingerprint density at radius 1 is 0.708 bits per heavy atom. The smallest absolute Gasteiger partial charge is 0.292 e. The van der Waals surface area contributed by atoms with Crippen LogP contribution in [-0.2, 0) is 0 Å². The maximum absolute atomic E-state index is 8.55. The first kappa shape index (κ1) is 15.1. The van der Waals surface area contributed by atoms with E-state index in [-0.39, 0.29) is 0 Å². The minimum atomic E-state index is 0.497. The third-order valence-corrected chi connectivity index (χ3v) is 3.49. The predicted octanol–water partition coefficient (Wildman–Crippen LogP) is 4.54. The zero-order valence-electron chi connectivity index (χ0n) is 12.6. The van der Waals surface area contributed by atoms with E-state index >= 15 is 0 Å². The normalized spacial score (nSPS) is 9.58. The number of nitrogens with zero attached hydrogens (tertiary/aromatic N) is 2. The van der Waals surface area contributed by atoms with Gasteiger partial charge >= 0.3 is 0 Å². The molecule has 4 nitrogen and oxygen atoms in total. The summed E-state index contributed by atoms with van der Waals surface area (Å²) in [6.07, 6.45) is 3.31. The van der Waals surface area contributed by atoms with Crippen molar-refractivity contribution in [3.05, 3.63) is 72.8 Å². The summed E-state index contributed by atoms with van der Waals surface area (Å²) in [4.78, 5) is 0. The van der Waals surface area contributed by atoms with E-state index in [9.17, 15) is 0 Å². The van der Waals surface area contributed by atoms with Crippen molar-refractivity contribution in [3.63, 3.8) is 0 Å². The quantitative estimate of drug-likeness (QED) is 0.663. The van der Waals surface area contributed by atoms with Crippen molar-refractivity contribution in [2.24, 2.45) is 0 Å². The molecule has 3 aromatic rings. The van der Waals surface area contributed by atoms with Crippen LogP contribution in [0.1, 0.15) is 0 Å². The monoisotopic (exact) mass is 311 g/mol. The van der Waals surface area contributed by atoms with Gasteiger partial charge in [-0.1, -0.05) is 42.5 Å². The highest BCUT2D eigenvalue weighted by Gasteiger charge is 2.08. The maximum atomic E-state index is 8.55. The van der Waals surface area contributed by atoms with Gasteiger partial charge in [-0.25, -0.2) is 0 Å². The van der Waals surface area contributed by atoms with E-state index in [2.05, 4.69) is 6.07 Å². The fourth-order valence-corrected chi connectivity index (χ4v) is 2.41. The van der Waals surface area contributed by atoms with Gasteiger partial charge < -0.3 is 9.47 Å². The second-order valence-corrected chi connectivity index (χ2v) is 4.89. The summed E-state index contributed by atoms with van der Waals surface area (Å²) in [7, 11) is 0. The molecule has 0 N–H and O–H groups in total. The minimum absolute atomic E-state index is 0.497. The summed E-state index contributed by atoms with van der Waals surface area (Å²) in [6, 6.07) is 23.6. The minimum Gasteiger partial charge on any atom is -0.388 e. The number of hydrogen-bond donors (Lipinski definition) is 0. The van der Waals surface area contributed by atoms with Gasteiger partial charge in [0.15, 0.2) is 0 Å². The number of hydrogen-bond acceptors (Lipinski definition) is 4. The van der Waals surface area contributed by atoms with Crippen LogP contribution in [0.4, 0.5) is 0 Å². The summed E-state index contributed by atoms with van der Waals surface area (Å²) in [5.41, 5.74) is 3.91. The van der Waals surface area contributed by atoms with E-state index < -0.39 is 0 Å². The van der Waals surface area contributed by atoms with Crippen LogP contribution in [0.5, 0.6) is 11.5 Å². The molecule has 4 heteroatoms. The molecular weight excluding hydrogens is 300 g/mol. The highest BCUT2D eigenvalue weighted by atomic mass is 16.5. The predicted molar refractivity (Wildman–Crippen MR) is 88.6 cm³/mol. The van der Waals surface area contributed by atoms with Gasteiger partial charge in [0.05, 0.1) is 0 Å². The lowest BCUT2D eigenvalue weighted by Crippen LogP contribution is -1.87. The van der Waals surface area contributed by atoms with Crippen LogP contribution >= 0.6 is 0 Å². The highest BCUT2D eigenvalue weighted by Crippen LogP contribution is 2.33. The molecule has 1 radical (unpaired) electrons. The van der Waals surface area contributed by atoms with Crippen molar-refractivity contribution in [2.45, 2.75) is 0 Å². The SMILES string of the molecule is N#COc1ccc(-c2[c]cccc2-c2ccc(OC#N)cc2)cc1. The van der Waals surface area contributed by atoms with Crippen LogP contribution in [0.3, 0.4) is 0 Å². The average molecular weight is 311 g/mol. The van der Waals surface area contributed by atoms with Gasteiger partial charge in [-0.2, -0.15) is 0 Å². The molecule has 0 spiro atoms. The maximum Gasteiger partial charge on any atom is 0.292 e. The van der Waals surface area contributed by atoms with Crippen molar-refractivity contribution in [2.75, 3.05) is 0 Å². The van der Waals surface area contributed by atoms with Crippen molar-refractivity contribution in [3.8, 4) is 46.3 Å². The fraction of sp³-hybridized carbons (Fsp3) is 0. The lowest BCUT2D eigenvalue weighted by atomic mass is 9.94. The summed E-state index contributed by atoms with van der Waals surface area (Å²) in [6.45, 7) is 0. The summed E-state index contributed by atoms with van der Waals surface area (Å²) in [5.74, 6) is 0.998. The zero-order valence-corrected chi connectivity index (χ0v) is 12.6. The fourth-order valence-electron chi connectivity index (χ4n) is 2.41. The molecule has 0 aliphatic heterocycles. The Morgan fingerprint density at radius 3 is 1.79 bits per heavy atom. The van der Waals surface area contributed by atoms with E-state index in [1.807, 2.05) is 42.5 Å². The first-order valence-electron chi connectivity index (χ1n) is 7.15. The molecule has 0 saturated heterocycles. The number of benzene rings is 3. The van der Waals surface area contributed by atoms with Gasteiger partial charge in [0.2, 0.25) is 0 Å². The van der Waals surface area contributed by atoms with Crippen molar-refractivity contribution >= 4 is 0 Å². The molecular formula is C20H11N2O2. The first-order chi connectivity index (χ1) is 11.8. The lowest BCUT2D eigenvalue weighted by molar-refractivity contribution is 0.507. The third kappa shape index (κ3) is 3.19. The van der Waals surface area contributed by atoms with Crippen molar-refractivity contribution in [1.82, 2.24) is 0 Å². The standard InChI is InChI=1S/C20H11N2O2/c21-13-23-17-9-5-15(6-10-17)19-3-1-2-4-20(19)16-7-11-18(12-8-16)24-14-22/h1-3,5-12H.